The molecule has 0 spiro atoms. The SMILES string of the molecule is CCOc1ccccc1CNC(=O)c1nc(Nc2ccc(F)cc2)c2ccccc2n1. The summed E-state index contributed by atoms with van der Waals surface area (Å²) in [5.74, 6) is 0.502. The summed E-state index contributed by atoms with van der Waals surface area (Å²) in [6.45, 7) is 2.73. The molecule has 2 N–H and O–H groups in total. The Morgan fingerprint density at radius 1 is 0.968 bits per heavy atom. The van der Waals surface area contributed by atoms with Crippen molar-refractivity contribution >= 4 is 28.3 Å². The predicted octanol–water partition coefficient (Wildman–Crippen LogP) is 4.84. The normalized spacial score (nSPS) is 10.6. The third-order valence-corrected chi connectivity index (χ3v) is 4.63. The summed E-state index contributed by atoms with van der Waals surface area (Å²) in [4.78, 5) is 21.7. The van der Waals surface area contributed by atoms with Gasteiger partial charge in [-0.3, -0.25) is 4.79 Å². The van der Waals surface area contributed by atoms with E-state index in [1.165, 1.54) is 12.1 Å². The average Bonchev–Trinajstić information content (AvgIpc) is 2.80. The minimum absolute atomic E-state index is 0.0391. The summed E-state index contributed by atoms with van der Waals surface area (Å²) in [6, 6.07) is 20.9. The van der Waals surface area contributed by atoms with Gasteiger partial charge in [0.15, 0.2) is 0 Å². The molecule has 0 atom stereocenters. The molecule has 3 aromatic carbocycles. The zero-order valence-electron chi connectivity index (χ0n) is 16.9. The standard InChI is InChI=1S/C24H21FN4O2/c1-2-31-21-10-6-3-7-16(21)15-26-24(30)23-28-20-9-5-4-8-19(20)22(29-23)27-18-13-11-17(25)12-14-18/h3-14H,2,15H2,1H3,(H,26,30)(H,27,28,29). The Morgan fingerprint density at radius 2 is 1.71 bits per heavy atom. The summed E-state index contributed by atoms with van der Waals surface area (Å²) in [6.07, 6.45) is 0. The number of fused-ring (bicyclic) bond motifs is 1. The highest BCUT2D eigenvalue weighted by molar-refractivity contribution is 5.97. The molecule has 0 fully saturated rings. The molecule has 0 bridgehead atoms. The summed E-state index contributed by atoms with van der Waals surface area (Å²) >= 11 is 0. The second-order valence-electron chi connectivity index (χ2n) is 6.77. The zero-order chi connectivity index (χ0) is 21.6. The molecular formula is C24H21FN4O2. The van der Waals surface area contributed by atoms with Crippen LogP contribution in [0, 0.1) is 5.82 Å². The molecule has 4 rings (SSSR count). The second-order valence-corrected chi connectivity index (χ2v) is 6.77. The summed E-state index contributed by atoms with van der Waals surface area (Å²) in [5.41, 5.74) is 2.15. The van der Waals surface area contributed by atoms with E-state index >= 15 is 0 Å². The Bertz CT molecular complexity index is 1210. The number of carbonyl (C=O) groups is 1. The van der Waals surface area contributed by atoms with Crippen LogP contribution in [0.15, 0.2) is 72.8 Å². The molecular weight excluding hydrogens is 395 g/mol. The van der Waals surface area contributed by atoms with Crippen molar-refractivity contribution in [1.82, 2.24) is 15.3 Å². The molecule has 0 aliphatic heterocycles. The number of nitrogens with zero attached hydrogens (tertiary/aromatic N) is 2. The maximum Gasteiger partial charge on any atom is 0.289 e. The van der Waals surface area contributed by atoms with Gasteiger partial charge >= 0.3 is 0 Å². The van der Waals surface area contributed by atoms with Crippen molar-refractivity contribution in [2.24, 2.45) is 0 Å². The van der Waals surface area contributed by atoms with Crippen LogP contribution in [0.25, 0.3) is 10.9 Å². The molecule has 1 heterocycles. The number of anilines is 2. The van der Waals surface area contributed by atoms with Crippen LogP contribution in [0.5, 0.6) is 5.75 Å². The molecule has 1 aromatic heterocycles. The number of hydrogen-bond donors (Lipinski definition) is 2. The molecule has 1 amide bonds. The van der Waals surface area contributed by atoms with Crippen molar-refractivity contribution in [1.29, 1.82) is 0 Å². The fourth-order valence-electron chi connectivity index (χ4n) is 3.14. The summed E-state index contributed by atoms with van der Waals surface area (Å²) in [5, 5.41) is 6.76. The molecule has 0 radical (unpaired) electrons. The van der Waals surface area contributed by atoms with Gasteiger partial charge in [-0.1, -0.05) is 30.3 Å². The molecule has 0 saturated heterocycles. The van der Waals surface area contributed by atoms with Gasteiger partial charge in [0.05, 0.1) is 12.1 Å². The third-order valence-electron chi connectivity index (χ3n) is 4.63. The first-order valence-electron chi connectivity index (χ1n) is 9.92. The van der Waals surface area contributed by atoms with Gasteiger partial charge < -0.3 is 15.4 Å². The van der Waals surface area contributed by atoms with E-state index in [4.69, 9.17) is 4.74 Å². The van der Waals surface area contributed by atoms with Crippen LogP contribution in [-0.2, 0) is 6.54 Å². The Morgan fingerprint density at radius 3 is 2.52 bits per heavy atom. The zero-order valence-corrected chi connectivity index (χ0v) is 16.9. The lowest BCUT2D eigenvalue weighted by molar-refractivity contribution is 0.0940. The van der Waals surface area contributed by atoms with E-state index in [-0.39, 0.29) is 18.2 Å². The largest absolute Gasteiger partial charge is 0.494 e. The minimum atomic E-state index is -0.404. The molecule has 0 aliphatic rings. The number of rotatable bonds is 7. The van der Waals surface area contributed by atoms with Gasteiger partial charge in [-0.25, -0.2) is 14.4 Å². The number of carbonyl (C=O) groups excluding carboxylic acids is 1. The Labute approximate surface area is 179 Å². The maximum absolute atomic E-state index is 13.2. The Balaban J connectivity index is 1.60. The van der Waals surface area contributed by atoms with Crippen LogP contribution in [-0.4, -0.2) is 22.5 Å². The lowest BCUT2D eigenvalue weighted by Gasteiger charge is -2.12. The minimum Gasteiger partial charge on any atom is -0.494 e. The van der Waals surface area contributed by atoms with Crippen LogP contribution < -0.4 is 15.4 Å². The Hall–Kier alpha value is -4.00. The monoisotopic (exact) mass is 416 g/mol. The smallest absolute Gasteiger partial charge is 0.289 e. The van der Waals surface area contributed by atoms with Gasteiger partial charge in [0.2, 0.25) is 5.82 Å². The first kappa shape index (κ1) is 20.3. The van der Waals surface area contributed by atoms with Crippen molar-refractivity contribution in [2.45, 2.75) is 13.5 Å². The van der Waals surface area contributed by atoms with E-state index in [2.05, 4.69) is 20.6 Å². The van der Waals surface area contributed by atoms with Crippen molar-refractivity contribution in [3.63, 3.8) is 0 Å². The number of para-hydroxylation sites is 2. The molecule has 31 heavy (non-hydrogen) atoms. The maximum atomic E-state index is 13.2. The van der Waals surface area contributed by atoms with Crippen molar-refractivity contribution in [2.75, 3.05) is 11.9 Å². The number of halogens is 1. The molecule has 0 saturated carbocycles. The van der Waals surface area contributed by atoms with Crippen LogP contribution >= 0.6 is 0 Å². The first-order valence-corrected chi connectivity index (χ1v) is 9.92. The van der Waals surface area contributed by atoms with Gasteiger partial charge in [-0.2, -0.15) is 0 Å². The van der Waals surface area contributed by atoms with Crippen LogP contribution in [0.4, 0.5) is 15.9 Å². The van der Waals surface area contributed by atoms with E-state index < -0.39 is 5.91 Å². The van der Waals surface area contributed by atoms with Gasteiger partial charge in [-0.05, 0) is 49.4 Å². The number of nitrogens with one attached hydrogen (secondary N) is 2. The second kappa shape index (κ2) is 9.21. The van der Waals surface area contributed by atoms with E-state index in [9.17, 15) is 9.18 Å². The van der Waals surface area contributed by atoms with E-state index in [1.54, 1.807) is 12.1 Å². The van der Waals surface area contributed by atoms with Gasteiger partial charge in [0.1, 0.15) is 17.4 Å². The highest BCUT2D eigenvalue weighted by Crippen LogP contribution is 2.24. The number of benzene rings is 3. The lowest BCUT2D eigenvalue weighted by Crippen LogP contribution is -2.25. The van der Waals surface area contributed by atoms with Crippen molar-refractivity contribution in [3.05, 3.63) is 90.0 Å². The summed E-state index contributed by atoms with van der Waals surface area (Å²) in [7, 11) is 0. The lowest BCUT2D eigenvalue weighted by atomic mass is 10.2. The summed E-state index contributed by atoms with van der Waals surface area (Å²) < 4.78 is 18.8. The first-order chi connectivity index (χ1) is 15.1. The Kier molecular flexibility index (Phi) is 6.03. The van der Waals surface area contributed by atoms with E-state index in [1.807, 2.05) is 55.5 Å². The van der Waals surface area contributed by atoms with Crippen LogP contribution in [0.1, 0.15) is 23.1 Å². The third kappa shape index (κ3) is 4.78. The fourth-order valence-corrected chi connectivity index (χ4v) is 3.14. The highest BCUT2D eigenvalue weighted by Gasteiger charge is 2.15. The number of amides is 1. The van der Waals surface area contributed by atoms with Gasteiger partial charge in [0, 0.05) is 23.2 Å². The van der Waals surface area contributed by atoms with Crippen molar-refractivity contribution < 1.29 is 13.9 Å². The van der Waals surface area contributed by atoms with Gasteiger partial charge in [0.25, 0.3) is 5.91 Å². The van der Waals surface area contributed by atoms with E-state index in [0.29, 0.717) is 23.6 Å². The van der Waals surface area contributed by atoms with E-state index in [0.717, 1.165) is 16.7 Å². The predicted molar refractivity (Wildman–Crippen MR) is 118 cm³/mol. The highest BCUT2D eigenvalue weighted by atomic mass is 19.1. The average molecular weight is 416 g/mol. The molecule has 156 valence electrons. The molecule has 6 nitrogen and oxygen atoms in total. The quantitative estimate of drug-likeness (QED) is 0.451. The van der Waals surface area contributed by atoms with Gasteiger partial charge in [-0.15, -0.1) is 0 Å². The topological polar surface area (TPSA) is 76.1 Å². The molecule has 0 unspecified atom stereocenters. The fraction of sp³-hybridized carbons (Fsp3) is 0.125. The van der Waals surface area contributed by atoms with Crippen LogP contribution in [0.3, 0.4) is 0 Å². The number of hydrogen-bond acceptors (Lipinski definition) is 5. The molecule has 4 aromatic rings. The van der Waals surface area contributed by atoms with Crippen molar-refractivity contribution in [3.8, 4) is 5.75 Å². The molecule has 7 heteroatoms. The molecule has 0 aliphatic carbocycles. The number of ether oxygens (including phenoxy) is 1. The van der Waals surface area contributed by atoms with Crippen LogP contribution in [0.2, 0.25) is 0 Å². The number of aromatic nitrogens is 2.